The summed E-state index contributed by atoms with van der Waals surface area (Å²) in [6.07, 6.45) is 1.84. The molecule has 0 aliphatic heterocycles. The summed E-state index contributed by atoms with van der Waals surface area (Å²) in [6, 6.07) is 102. The molecule has 0 bridgehead atoms. The second kappa shape index (κ2) is 19.8. The number of fused-ring (bicyclic) bond motifs is 33. The van der Waals surface area contributed by atoms with E-state index in [1.807, 2.05) is 53.2 Å². The standard InChI is InChI=1S/2C23H14N2.C19H12N2.C14H9N3/c1-2-8-16-15(7-1)13-14-18-22(16)17-9-3-5-11-20(17)25-21-12-6-4-10-19(21)24-23(18)25;1-2-8-16-15(7-1)13-14-18-17-9-3-5-11-20(17)25-21-12-6-4-10-19(21)24-23(25)22(16)18;1-2-9-15-13(7-1)14-8-3-5-11-17(14)21-18-12-6-4-10-16(18)20-19(15)21;1-2-6-11-10(5-1)14-16-12-7-3-4-8-13(12)17(14)9-15-11/h2*1-14H;1-12H;1-9H. The Labute approximate surface area is 501 Å². The predicted molar refractivity (Wildman–Crippen MR) is 366 cm³/mol. The van der Waals surface area contributed by atoms with Crippen molar-refractivity contribution in [3.63, 3.8) is 0 Å². The molecular formula is C79H49N9. The molecule has 9 nitrogen and oxygen atoms in total. The lowest BCUT2D eigenvalue weighted by molar-refractivity contribution is 1.15. The summed E-state index contributed by atoms with van der Waals surface area (Å²) < 4.78 is 8.91. The van der Waals surface area contributed by atoms with Crippen LogP contribution in [0.15, 0.2) is 298 Å². The van der Waals surface area contributed by atoms with Crippen LogP contribution in [0.25, 0.3) is 164 Å². The molecule has 9 heteroatoms. The van der Waals surface area contributed by atoms with Gasteiger partial charge in [0, 0.05) is 43.1 Å². The van der Waals surface area contributed by atoms with Crippen LogP contribution in [0.3, 0.4) is 0 Å². The van der Waals surface area contributed by atoms with Crippen LogP contribution in [-0.4, -0.2) is 42.5 Å². The zero-order valence-corrected chi connectivity index (χ0v) is 47.3. The Morgan fingerprint density at radius 3 is 1.12 bits per heavy atom. The molecule has 0 saturated heterocycles. The second-order valence-electron chi connectivity index (χ2n) is 22.3. The maximum absolute atomic E-state index is 5.01. The first-order chi connectivity index (χ1) is 43.7. The van der Waals surface area contributed by atoms with E-state index in [-0.39, 0.29) is 0 Å². The molecule has 410 valence electrons. The van der Waals surface area contributed by atoms with Crippen molar-refractivity contribution < 1.29 is 0 Å². The minimum Gasteiger partial charge on any atom is -0.292 e. The molecule has 0 radical (unpaired) electrons. The number of nitrogens with zero attached hydrogens (tertiary/aromatic N) is 9. The van der Waals surface area contributed by atoms with Crippen LogP contribution < -0.4 is 0 Å². The third-order valence-electron chi connectivity index (χ3n) is 17.5. The highest BCUT2D eigenvalue weighted by atomic mass is 15.1. The molecule has 0 fully saturated rings. The molecule has 0 amide bonds. The van der Waals surface area contributed by atoms with Crippen molar-refractivity contribution in [1.82, 2.24) is 42.5 Å². The van der Waals surface area contributed by atoms with Crippen molar-refractivity contribution in [2.24, 2.45) is 0 Å². The van der Waals surface area contributed by atoms with E-state index >= 15 is 0 Å². The van der Waals surface area contributed by atoms with Gasteiger partial charge in [0.05, 0.1) is 66.2 Å². The molecule has 0 aliphatic rings. The molecule has 0 aliphatic carbocycles. The van der Waals surface area contributed by atoms with Gasteiger partial charge in [0.1, 0.15) is 28.9 Å². The van der Waals surface area contributed by atoms with Crippen molar-refractivity contribution in [3.05, 3.63) is 298 Å². The Morgan fingerprint density at radius 2 is 0.545 bits per heavy atom. The molecule has 21 aromatic rings. The van der Waals surface area contributed by atoms with Gasteiger partial charge in [-0.15, -0.1) is 0 Å². The summed E-state index contributed by atoms with van der Waals surface area (Å²) in [5.74, 6) is 0. The number of hydrogen-bond donors (Lipinski definition) is 0. The van der Waals surface area contributed by atoms with Gasteiger partial charge in [0.15, 0.2) is 0 Å². The highest BCUT2D eigenvalue weighted by molar-refractivity contribution is 6.25. The van der Waals surface area contributed by atoms with Crippen molar-refractivity contribution >= 4 is 164 Å². The van der Waals surface area contributed by atoms with Crippen LogP contribution in [0, 0.1) is 0 Å². The number of para-hydroxylation sites is 12. The number of hydrogen-bond acceptors (Lipinski definition) is 5. The lowest BCUT2D eigenvalue weighted by Gasteiger charge is -2.11. The second-order valence-corrected chi connectivity index (χ2v) is 22.3. The SMILES string of the molecule is c1ccc2c(c1)ccc1c2c2ccccc2n2c3ccccc3nc12.c1ccc2c(c1)ccc1c3ccccc3n3c4ccccc4nc3c21.c1ccc2c(c1)nc1c3ccccc3c3ccccc3n21.c1ccc2c(c1)ncn1c3ccccc3nc21. The third-order valence-corrected chi connectivity index (χ3v) is 17.5. The Balaban J connectivity index is 0.0000000888. The number of imidazole rings is 4. The normalized spacial score (nSPS) is 11.9. The average Bonchev–Trinajstić information content (AvgIpc) is 2.58. The van der Waals surface area contributed by atoms with E-state index in [1.165, 1.54) is 86.6 Å². The molecule has 0 saturated carbocycles. The summed E-state index contributed by atoms with van der Waals surface area (Å²) in [4.78, 5) is 23.9. The van der Waals surface area contributed by atoms with Crippen molar-refractivity contribution in [2.45, 2.75) is 0 Å². The molecule has 0 unspecified atom stereocenters. The van der Waals surface area contributed by atoms with Gasteiger partial charge in [0.2, 0.25) is 0 Å². The number of rotatable bonds is 0. The highest BCUT2D eigenvalue weighted by Crippen LogP contribution is 2.39. The minimum atomic E-state index is 0.969. The van der Waals surface area contributed by atoms with Crippen molar-refractivity contribution in [2.75, 3.05) is 0 Å². The van der Waals surface area contributed by atoms with Gasteiger partial charge in [-0.2, -0.15) is 0 Å². The lowest BCUT2D eigenvalue weighted by Crippen LogP contribution is -1.92. The fourth-order valence-corrected chi connectivity index (χ4v) is 13.7. The number of pyridine rings is 3. The molecule has 88 heavy (non-hydrogen) atoms. The molecular weight excluding hydrogens is 1070 g/mol. The maximum atomic E-state index is 5.01. The zero-order chi connectivity index (χ0) is 57.8. The van der Waals surface area contributed by atoms with E-state index in [0.717, 1.165) is 77.6 Å². The number of aromatic nitrogens is 9. The Kier molecular flexibility index (Phi) is 11.1. The predicted octanol–water partition coefficient (Wildman–Crippen LogP) is 19.7. The summed E-state index contributed by atoms with van der Waals surface area (Å²) in [5, 5.41) is 17.4. The van der Waals surface area contributed by atoms with Crippen LogP contribution in [-0.2, 0) is 0 Å². The van der Waals surface area contributed by atoms with Gasteiger partial charge in [0.25, 0.3) is 0 Å². The van der Waals surface area contributed by atoms with Crippen LogP contribution in [0.5, 0.6) is 0 Å². The first kappa shape index (κ1) is 49.4. The van der Waals surface area contributed by atoms with Gasteiger partial charge < -0.3 is 0 Å². The monoisotopic (exact) mass is 1120 g/mol. The molecule has 0 N–H and O–H groups in total. The topological polar surface area (TPSA) is 82.1 Å². The van der Waals surface area contributed by atoms with E-state index in [1.54, 1.807) is 0 Å². The van der Waals surface area contributed by atoms with Gasteiger partial charge in [-0.25, -0.2) is 24.9 Å². The number of benzene rings is 13. The van der Waals surface area contributed by atoms with Gasteiger partial charge in [-0.3, -0.25) is 17.6 Å². The summed E-state index contributed by atoms with van der Waals surface area (Å²) in [6.45, 7) is 0. The quantitative estimate of drug-likeness (QED) is 0.141. The molecule has 8 aromatic heterocycles. The first-order valence-electron chi connectivity index (χ1n) is 29.7. The van der Waals surface area contributed by atoms with Gasteiger partial charge >= 0.3 is 0 Å². The third kappa shape index (κ3) is 7.57. The van der Waals surface area contributed by atoms with E-state index in [2.05, 4.69) is 272 Å². The Morgan fingerprint density at radius 1 is 0.193 bits per heavy atom. The van der Waals surface area contributed by atoms with Crippen LogP contribution >= 0.6 is 0 Å². The Hall–Kier alpha value is -12.1. The summed E-state index contributed by atoms with van der Waals surface area (Å²) in [5.41, 5.74) is 17.3. The fourth-order valence-electron chi connectivity index (χ4n) is 13.7. The summed E-state index contributed by atoms with van der Waals surface area (Å²) >= 11 is 0. The van der Waals surface area contributed by atoms with E-state index < -0.39 is 0 Å². The zero-order valence-electron chi connectivity index (χ0n) is 47.3. The Bertz CT molecular complexity index is 6410. The smallest absolute Gasteiger partial charge is 0.148 e. The molecule has 0 spiro atoms. The average molecular weight is 1120 g/mol. The minimum absolute atomic E-state index is 0.969. The lowest BCUT2D eigenvalue weighted by atomic mass is 9.99. The van der Waals surface area contributed by atoms with Crippen molar-refractivity contribution in [3.8, 4) is 0 Å². The maximum Gasteiger partial charge on any atom is 0.148 e. The molecule has 0 atom stereocenters. The first-order valence-corrected chi connectivity index (χ1v) is 29.7. The van der Waals surface area contributed by atoms with Crippen molar-refractivity contribution in [1.29, 1.82) is 0 Å². The van der Waals surface area contributed by atoms with Gasteiger partial charge in [-0.05, 0) is 117 Å². The van der Waals surface area contributed by atoms with E-state index in [9.17, 15) is 0 Å². The highest BCUT2D eigenvalue weighted by Gasteiger charge is 2.18. The fraction of sp³-hybridized carbons (Fsp3) is 0. The molecule has 8 heterocycles. The largest absolute Gasteiger partial charge is 0.292 e. The van der Waals surface area contributed by atoms with Crippen LogP contribution in [0.2, 0.25) is 0 Å². The van der Waals surface area contributed by atoms with Crippen LogP contribution in [0.1, 0.15) is 0 Å². The molecule has 13 aromatic carbocycles. The summed E-state index contributed by atoms with van der Waals surface area (Å²) in [7, 11) is 0. The molecule has 21 rings (SSSR count). The van der Waals surface area contributed by atoms with Gasteiger partial charge in [-0.1, -0.05) is 206 Å². The van der Waals surface area contributed by atoms with Crippen LogP contribution in [0.4, 0.5) is 0 Å². The van der Waals surface area contributed by atoms with E-state index in [4.69, 9.17) is 15.0 Å². The van der Waals surface area contributed by atoms with E-state index in [0.29, 0.717) is 0 Å².